The third-order valence-electron chi connectivity index (χ3n) is 11.1. The highest BCUT2D eigenvalue weighted by atomic mass is 16.7. The molecule has 1 N–H and O–H groups in total. The fourth-order valence-corrected chi connectivity index (χ4v) is 9.24. The lowest BCUT2D eigenvalue weighted by Crippen LogP contribution is -2.45. The van der Waals surface area contributed by atoms with Crippen LogP contribution in [0, 0.1) is 11.8 Å². The van der Waals surface area contributed by atoms with Crippen LogP contribution in [-0.4, -0.2) is 42.3 Å². The van der Waals surface area contributed by atoms with Crippen LogP contribution >= 0.6 is 0 Å². The molecule has 5 aliphatic rings. The molecule has 0 spiro atoms. The van der Waals surface area contributed by atoms with Crippen molar-refractivity contribution in [3.05, 3.63) is 149 Å². The Morgan fingerprint density at radius 1 is 0.577 bits per heavy atom. The lowest BCUT2D eigenvalue weighted by molar-refractivity contribution is -0.130. The van der Waals surface area contributed by atoms with Gasteiger partial charge in [0, 0.05) is 0 Å². The second-order valence-corrected chi connectivity index (χ2v) is 13.4. The number of hydrogen-bond acceptors (Lipinski definition) is 8. The van der Waals surface area contributed by atoms with Crippen molar-refractivity contribution in [3.8, 4) is 23.0 Å². The van der Waals surface area contributed by atoms with Crippen LogP contribution in [-0.2, 0) is 25.2 Å². The molecule has 3 aliphatic heterocycles. The number of imide groups is 1. The quantitative estimate of drug-likeness (QED) is 0.213. The summed E-state index contributed by atoms with van der Waals surface area (Å²) in [6.07, 6.45) is 0. The summed E-state index contributed by atoms with van der Waals surface area (Å²) in [6.45, 7) is 0.0771. The predicted octanol–water partition coefficient (Wildman–Crippen LogP) is 6.03. The molecule has 3 heterocycles. The Balaban J connectivity index is 1.34. The Labute approximate surface area is 296 Å². The Hall–Kier alpha value is -6.68. The molecule has 10 heteroatoms. The van der Waals surface area contributed by atoms with E-state index in [0.29, 0.717) is 56.4 Å². The molecule has 2 bridgehead atoms. The summed E-state index contributed by atoms with van der Waals surface area (Å²) in [6, 6.07) is 35.0. The Morgan fingerprint density at radius 3 is 1.46 bits per heavy atom. The smallest absolute Gasteiger partial charge is 0.335 e. The lowest BCUT2D eigenvalue weighted by Gasteiger charge is -2.39. The molecule has 10 rings (SSSR count). The minimum atomic E-state index is -1.65. The van der Waals surface area contributed by atoms with Gasteiger partial charge in [-0.2, -0.15) is 0 Å². The number of ether oxygens (including phenoxy) is 4. The van der Waals surface area contributed by atoms with Crippen molar-refractivity contribution in [2.75, 3.05) is 18.5 Å². The van der Waals surface area contributed by atoms with Gasteiger partial charge in [0.25, 0.3) is 0 Å². The van der Waals surface area contributed by atoms with Crippen LogP contribution in [0.4, 0.5) is 5.69 Å². The molecule has 2 amide bonds. The van der Waals surface area contributed by atoms with Crippen LogP contribution in [0.1, 0.15) is 32.6 Å². The largest absolute Gasteiger partial charge is 0.478 e. The molecule has 5 aromatic carbocycles. The minimum absolute atomic E-state index is 0.0108. The summed E-state index contributed by atoms with van der Waals surface area (Å²) >= 11 is 0. The Morgan fingerprint density at radius 2 is 1.02 bits per heavy atom. The Bertz CT molecular complexity index is 2280. The van der Waals surface area contributed by atoms with E-state index in [0.717, 1.165) is 4.90 Å². The van der Waals surface area contributed by atoms with Crippen LogP contribution in [0.5, 0.6) is 23.0 Å². The number of allylic oxidation sites excluding steroid dienone is 2. The second-order valence-electron chi connectivity index (χ2n) is 13.4. The van der Waals surface area contributed by atoms with Crippen LogP contribution in [0.2, 0.25) is 0 Å². The normalized spacial score (nSPS) is 24.9. The average molecular weight is 690 g/mol. The molecular weight excluding hydrogens is 662 g/mol. The molecule has 4 atom stereocenters. The van der Waals surface area contributed by atoms with E-state index in [1.165, 1.54) is 24.3 Å². The van der Waals surface area contributed by atoms with Gasteiger partial charge in [-0.1, -0.05) is 72.8 Å². The molecule has 0 unspecified atom stereocenters. The topological polar surface area (TPSA) is 129 Å². The number of hydrogen-bond donors (Lipinski definition) is 1. The van der Waals surface area contributed by atoms with Crippen molar-refractivity contribution in [1.29, 1.82) is 0 Å². The highest BCUT2D eigenvalue weighted by molar-refractivity contribution is 6.39. The van der Waals surface area contributed by atoms with E-state index >= 15 is 14.4 Å². The fraction of sp³-hybridized carbons (Fsp3) is 0.143. The van der Waals surface area contributed by atoms with Gasteiger partial charge in [0.05, 0.1) is 33.9 Å². The molecule has 2 aliphatic carbocycles. The molecule has 1 saturated heterocycles. The average Bonchev–Trinajstić information content (AvgIpc) is 3.98. The molecule has 1 saturated carbocycles. The zero-order valence-corrected chi connectivity index (χ0v) is 27.3. The number of nitrogens with zero attached hydrogens (tertiary/aromatic N) is 1. The third kappa shape index (κ3) is 3.67. The third-order valence-corrected chi connectivity index (χ3v) is 11.1. The molecule has 10 nitrogen and oxygen atoms in total. The standard InChI is InChI=1S/C42H27NO9/c44-37-35-36(38(45)43(37)28-15-11-23(12-16-28)39(46)47)42(27-9-5-2-6-10-27)34(25-14-18-30-32(20-25)52-22-50-30)33(24-13-17-29-31(19-24)51-21-49-29)41(35,40(42)48)26-7-3-1-4-8-26/h1-20,35-36H,21-22H2,(H,46,47)/t35-,36-,41+,42+/m1/s1. The van der Waals surface area contributed by atoms with Crippen molar-refractivity contribution in [2.24, 2.45) is 11.8 Å². The maximum absolute atomic E-state index is 16.2. The molecule has 2 fully saturated rings. The fourth-order valence-electron chi connectivity index (χ4n) is 9.24. The highest BCUT2D eigenvalue weighted by Gasteiger charge is 2.82. The van der Waals surface area contributed by atoms with Crippen LogP contribution < -0.4 is 23.8 Å². The van der Waals surface area contributed by atoms with Crippen molar-refractivity contribution < 1.29 is 43.2 Å². The zero-order chi connectivity index (χ0) is 35.4. The van der Waals surface area contributed by atoms with E-state index in [1.54, 1.807) is 12.1 Å². The summed E-state index contributed by atoms with van der Waals surface area (Å²) in [5.74, 6) is -2.74. The molecule has 254 valence electrons. The summed E-state index contributed by atoms with van der Waals surface area (Å²) < 4.78 is 23.0. The Kier molecular flexibility index (Phi) is 6.19. The second kappa shape index (κ2) is 10.7. The van der Waals surface area contributed by atoms with E-state index < -0.39 is 40.4 Å². The summed E-state index contributed by atoms with van der Waals surface area (Å²) in [5, 5.41) is 9.57. The first kappa shape index (κ1) is 30.2. The van der Waals surface area contributed by atoms with E-state index in [4.69, 9.17) is 18.9 Å². The van der Waals surface area contributed by atoms with Crippen LogP contribution in [0.15, 0.2) is 121 Å². The molecule has 0 aromatic heterocycles. The van der Waals surface area contributed by atoms with Crippen molar-refractivity contribution in [2.45, 2.75) is 10.8 Å². The summed E-state index contributed by atoms with van der Waals surface area (Å²) in [4.78, 5) is 59.4. The van der Waals surface area contributed by atoms with Crippen molar-refractivity contribution in [3.63, 3.8) is 0 Å². The van der Waals surface area contributed by atoms with E-state index in [2.05, 4.69) is 0 Å². The number of carbonyl (C=O) groups excluding carboxylic acids is 3. The minimum Gasteiger partial charge on any atom is -0.478 e. The monoisotopic (exact) mass is 689 g/mol. The number of amides is 2. The van der Waals surface area contributed by atoms with Crippen LogP contribution in [0.3, 0.4) is 0 Å². The van der Waals surface area contributed by atoms with Gasteiger partial charge in [-0.25, -0.2) is 9.69 Å². The number of Topliss-reactive ketones (excluding diaryl/α,β-unsaturated/α-hetero) is 1. The lowest BCUT2D eigenvalue weighted by atomic mass is 9.59. The van der Waals surface area contributed by atoms with Gasteiger partial charge in [-0.15, -0.1) is 0 Å². The SMILES string of the molecule is O=C(O)c1ccc(N2C(=O)[C@H]3[C@H](C2=O)[C@@]2(c4ccccc4)C(=O)[C@@]3(c3ccccc3)C(c3ccc4c(c3)OCO4)=C2c2ccc3c(c2)OCO3)cc1. The van der Waals surface area contributed by atoms with Crippen molar-refractivity contribution >= 4 is 40.4 Å². The number of anilines is 1. The molecule has 0 radical (unpaired) electrons. The first-order valence-electron chi connectivity index (χ1n) is 16.8. The number of fused-ring (bicyclic) bond motifs is 7. The summed E-state index contributed by atoms with van der Waals surface area (Å²) in [5.41, 5.74) is 0.502. The number of carboxylic acid groups (broad SMARTS) is 1. The van der Waals surface area contributed by atoms with Gasteiger partial charge >= 0.3 is 5.97 Å². The molecular formula is C42H27NO9. The van der Waals surface area contributed by atoms with Crippen LogP contribution in [0.25, 0.3) is 11.1 Å². The first-order valence-corrected chi connectivity index (χ1v) is 16.8. The van der Waals surface area contributed by atoms with Crippen molar-refractivity contribution in [1.82, 2.24) is 0 Å². The highest BCUT2D eigenvalue weighted by Crippen LogP contribution is 2.74. The maximum atomic E-state index is 16.2. The van der Waals surface area contributed by atoms with Gasteiger partial charge in [0.15, 0.2) is 28.8 Å². The van der Waals surface area contributed by atoms with Gasteiger partial charge in [0.1, 0.15) is 0 Å². The number of aromatic carboxylic acids is 1. The maximum Gasteiger partial charge on any atom is 0.335 e. The number of benzene rings is 5. The predicted molar refractivity (Wildman–Crippen MR) is 186 cm³/mol. The van der Waals surface area contributed by atoms with Gasteiger partial charge < -0.3 is 24.1 Å². The van der Waals surface area contributed by atoms with E-state index in [9.17, 15) is 9.90 Å². The van der Waals surface area contributed by atoms with E-state index in [-0.39, 0.29) is 30.6 Å². The number of carboxylic acids is 1. The number of carbonyl (C=O) groups is 4. The number of ketones is 1. The van der Waals surface area contributed by atoms with Gasteiger partial charge in [0.2, 0.25) is 25.4 Å². The number of rotatable bonds is 6. The van der Waals surface area contributed by atoms with Gasteiger partial charge in [-0.05, 0) is 81.9 Å². The van der Waals surface area contributed by atoms with Gasteiger partial charge in [-0.3, -0.25) is 14.4 Å². The summed E-state index contributed by atoms with van der Waals surface area (Å²) in [7, 11) is 0. The van der Waals surface area contributed by atoms with E-state index in [1.807, 2.05) is 84.9 Å². The first-order chi connectivity index (χ1) is 25.4. The zero-order valence-electron chi connectivity index (χ0n) is 27.3. The molecule has 5 aromatic rings. The molecule has 52 heavy (non-hydrogen) atoms.